The summed E-state index contributed by atoms with van der Waals surface area (Å²) in [5.74, 6) is 0.953. The fourth-order valence-electron chi connectivity index (χ4n) is 5.72. The van der Waals surface area contributed by atoms with Crippen LogP contribution >= 0.6 is 0 Å². The molecule has 1 aliphatic rings. The molecule has 14 heteroatoms. The topological polar surface area (TPSA) is 97.1 Å². The van der Waals surface area contributed by atoms with Crippen molar-refractivity contribution in [3.05, 3.63) is 82.7 Å². The molecule has 1 fully saturated rings. The number of hydrogen-bond acceptors (Lipinski definition) is 6. The molecular formula is C30H35F3N8O2Si. The van der Waals surface area contributed by atoms with Gasteiger partial charge >= 0.3 is 11.9 Å². The summed E-state index contributed by atoms with van der Waals surface area (Å²) in [6, 6.07) is 8.89. The third-order valence-corrected chi connectivity index (χ3v) is 10.1. The minimum absolute atomic E-state index is 0.134. The first-order valence-corrected chi connectivity index (χ1v) is 18.4. The second kappa shape index (κ2) is 11.5. The average molecular weight is 625 g/mol. The first kappa shape index (κ1) is 30.0. The van der Waals surface area contributed by atoms with Crippen molar-refractivity contribution in [2.24, 2.45) is 13.0 Å². The molecule has 1 saturated carbocycles. The SMILES string of the molecule is Cn1cnnc1C(c1cc(-c2cnnn2COCC[Si](C)(C)C)cc(-n2cc3c(C(F)(F)F)cccn3c2=O)c1)C1CCC1. The number of benzene rings is 1. The van der Waals surface area contributed by atoms with Gasteiger partial charge in [-0.25, -0.2) is 9.48 Å². The van der Waals surface area contributed by atoms with E-state index in [1.54, 1.807) is 23.3 Å². The number of rotatable bonds is 10. The van der Waals surface area contributed by atoms with Crippen molar-refractivity contribution in [3.8, 4) is 16.9 Å². The maximum absolute atomic E-state index is 13.9. The van der Waals surface area contributed by atoms with Crippen molar-refractivity contribution >= 4 is 13.6 Å². The Labute approximate surface area is 253 Å². The first-order valence-electron chi connectivity index (χ1n) is 14.7. The highest BCUT2D eigenvalue weighted by Crippen LogP contribution is 2.44. The van der Waals surface area contributed by atoms with Crippen LogP contribution in [0.4, 0.5) is 13.2 Å². The number of fused-ring (bicyclic) bond motifs is 1. The summed E-state index contributed by atoms with van der Waals surface area (Å²) in [4.78, 5) is 13.6. The van der Waals surface area contributed by atoms with Crippen LogP contribution in [0, 0.1) is 5.92 Å². The van der Waals surface area contributed by atoms with Crippen LogP contribution in [0.5, 0.6) is 0 Å². The molecule has 6 rings (SSSR count). The second-order valence-electron chi connectivity index (χ2n) is 12.7. The second-order valence-corrected chi connectivity index (χ2v) is 18.3. The van der Waals surface area contributed by atoms with Crippen LogP contribution in [0.15, 0.2) is 60.0 Å². The molecule has 10 nitrogen and oxygen atoms in total. The summed E-state index contributed by atoms with van der Waals surface area (Å²) >= 11 is 0. The molecule has 0 bridgehead atoms. The van der Waals surface area contributed by atoms with Gasteiger partial charge in [-0.3, -0.25) is 8.97 Å². The van der Waals surface area contributed by atoms with Crippen LogP contribution in [0.25, 0.3) is 22.5 Å². The lowest BCUT2D eigenvalue weighted by Crippen LogP contribution is -2.24. The van der Waals surface area contributed by atoms with Gasteiger partial charge in [0, 0.05) is 45.6 Å². The van der Waals surface area contributed by atoms with E-state index in [4.69, 9.17) is 4.74 Å². The Kier molecular flexibility index (Phi) is 7.82. The molecule has 5 aromatic rings. The fourth-order valence-corrected chi connectivity index (χ4v) is 6.48. The van der Waals surface area contributed by atoms with E-state index in [1.165, 1.54) is 23.0 Å². The molecule has 1 unspecified atom stereocenters. The molecular weight excluding hydrogens is 589 g/mol. The van der Waals surface area contributed by atoms with Gasteiger partial charge in [-0.05, 0) is 60.7 Å². The number of pyridine rings is 1. The molecule has 0 aliphatic heterocycles. The fraction of sp³-hybridized carbons (Fsp3) is 0.433. The summed E-state index contributed by atoms with van der Waals surface area (Å²) in [6.07, 6.45) is 4.39. The van der Waals surface area contributed by atoms with Gasteiger partial charge in [0.05, 0.1) is 28.7 Å². The van der Waals surface area contributed by atoms with E-state index in [-0.39, 0.29) is 18.2 Å². The van der Waals surface area contributed by atoms with Gasteiger partial charge in [-0.15, -0.1) is 15.3 Å². The predicted molar refractivity (Wildman–Crippen MR) is 161 cm³/mol. The average Bonchev–Trinajstić information content (AvgIpc) is 3.66. The Morgan fingerprint density at radius 1 is 1.14 bits per heavy atom. The number of imidazole rings is 1. The zero-order valence-electron chi connectivity index (χ0n) is 25.1. The van der Waals surface area contributed by atoms with E-state index in [9.17, 15) is 18.0 Å². The van der Waals surface area contributed by atoms with Crippen LogP contribution in [0.1, 0.15) is 42.1 Å². The summed E-state index contributed by atoms with van der Waals surface area (Å²) in [5, 5.41) is 16.9. The van der Waals surface area contributed by atoms with Crippen LogP contribution in [0.2, 0.25) is 25.7 Å². The Morgan fingerprint density at radius 3 is 2.59 bits per heavy atom. The zero-order chi connectivity index (χ0) is 31.2. The van der Waals surface area contributed by atoms with Crippen LogP contribution in [0.3, 0.4) is 0 Å². The molecule has 0 spiro atoms. The van der Waals surface area contributed by atoms with E-state index in [2.05, 4.69) is 40.2 Å². The highest BCUT2D eigenvalue weighted by atomic mass is 28.3. The molecule has 1 aliphatic carbocycles. The highest BCUT2D eigenvalue weighted by Gasteiger charge is 2.35. The van der Waals surface area contributed by atoms with Crippen molar-refractivity contribution in [1.29, 1.82) is 0 Å². The van der Waals surface area contributed by atoms with Gasteiger partial charge in [0.15, 0.2) is 0 Å². The van der Waals surface area contributed by atoms with E-state index in [0.717, 1.165) is 47.2 Å². The van der Waals surface area contributed by atoms with Gasteiger partial charge in [-0.1, -0.05) is 31.3 Å². The molecule has 0 amide bonds. The highest BCUT2D eigenvalue weighted by molar-refractivity contribution is 6.76. The van der Waals surface area contributed by atoms with E-state index < -0.39 is 25.5 Å². The lowest BCUT2D eigenvalue weighted by atomic mass is 9.72. The minimum Gasteiger partial charge on any atom is -0.359 e. The lowest BCUT2D eigenvalue weighted by Gasteiger charge is -2.33. The van der Waals surface area contributed by atoms with Gasteiger partial charge < -0.3 is 9.30 Å². The first-order chi connectivity index (χ1) is 20.9. The number of aryl methyl sites for hydroxylation is 1. The number of ether oxygens (including phenoxy) is 1. The lowest BCUT2D eigenvalue weighted by molar-refractivity contribution is -0.136. The molecule has 232 valence electrons. The Bertz CT molecular complexity index is 1850. The Morgan fingerprint density at radius 2 is 1.93 bits per heavy atom. The standard InChI is InChI=1S/C30H35F3N8O2Si/c1-38-18-35-36-28(38)27(20-7-5-8-20)22-13-21(25-16-34-37-41(25)19-43-11-12-44(2,3)4)14-23(15-22)40-17-26-24(30(31,32)33)9-6-10-39(26)29(40)42/h6,9-10,13-18,20,27H,5,7-8,11-12,19H2,1-4H3. The predicted octanol–water partition coefficient (Wildman–Crippen LogP) is 5.74. The van der Waals surface area contributed by atoms with Crippen molar-refractivity contribution in [3.63, 3.8) is 0 Å². The maximum atomic E-state index is 13.9. The van der Waals surface area contributed by atoms with Crippen molar-refractivity contribution < 1.29 is 17.9 Å². The number of aromatic nitrogens is 8. The molecule has 0 radical (unpaired) electrons. The number of nitrogens with zero attached hydrogens (tertiary/aromatic N) is 8. The van der Waals surface area contributed by atoms with Gasteiger partial charge in [0.25, 0.3) is 0 Å². The summed E-state index contributed by atoms with van der Waals surface area (Å²) < 4.78 is 53.5. The molecule has 44 heavy (non-hydrogen) atoms. The Balaban J connectivity index is 1.49. The number of alkyl halides is 3. The molecule has 1 aromatic carbocycles. The molecule has 1 atom stereocenters. The third-order valence-electron chi connectivity index (χ3n) is 8.35. The Hall–Kier alpha value is -4.04. The number of hydrogen-bond donors (Lipinski definition) is 0. The number of halogens is 3. The monoisotopic (exact) mass is 624 g/mol. The molecule has 4 heterocycles. The molecule has 4 aromatic heterocycles. The van der Waals surface area contributed by atoms with Gasteiger partial charge in [0.2, 0.25) is 0 Å². The minimum atomic E-state index is -4.62. The van der Waals surface area contributed by atoms with Gasteiger partial charge in [-0.2, -0.15) is 13.2 Å². The summed E-state index contributed by atoms with van der Waals surface area (Å²) in [5.41, 5.74) is 0.983. The largest absolute Gasteiger partial charge is 0.418 e. The van der Waals surface area contributed by atoms with Crippen LogP contribution < -0.4 is 5.69 Å². The zero-order valence-corrected chi connectivity index (χ0v) is 26.1. The van der Waals surface area contributed by atoms with Crippen LogP contribution in [-0.2, 0) is 24.7 Å². The van der Waals surface area contributed by atoms with E-state index in [0.29, 0.717) is 29.5 Å². The molecule has 0 N–H and O–H groups in total. The van der Waals surface area contributed by atoms with E-state index in [1.807, 2.05) is 23.7 Å². The van der Waals surface area contributed by atoms with Crippen molar-refractivity contribution in [1.82, 2.24) is 38.7 Å². The normalized spacial score (nSPS) is 15.2. The van der Waals surface area contributed by atoms with Crippen molar-refractivity contribution in [2.45, 2.75) is 63.8 Å². The third kappa shape index (κ3) is 5.87. The van der Waals surface area contributed by atoms with E-state index >= 15 is 0 Å². The van der Waals surface area contributed by atoms with Gasteiger partial charge in [0.1, 0.15) is 18.9 Å². The summed E-state index contributed by atoms with van der Waals surface area (Å²) in [6.45, 7) is 7.64. The quantitative estimate of drug-likeness (QED) is 0.145. The van der Waals surface area contributed by atoms with Crippen LogP contribution in [-0.4, -0.2) is 53.4 Å². The van der Waals surface area contributed by atoms with Crippen molar-refractivity contribution in [2.75, 3.05) is 6.61 Å². The maximum Gasteiger partial charge on any atom is 0.418 e. The smallest absolute Gasteiger partial charge is 0.359 e. The molecule has 0 saturated heterocycles. The summed E-state index contributed by atoms with van der Waals surface area (Å²) in [7, 11) is 0.609.